The zero-order valence-electron chi connectivity index (χ0n) is 16.5. The van der Waals surface area contributed by atoms with Crippen LogP contribution in [0.15, 0.2) is 101 Å². The van der Waals surface area contributed by atoms with E-state index in [0.29, 0.717) is 22.3 Å². The average molecular weight is 431 g/mol. The maximum atomic E-state index is 12.1. The molecule has 0 aliphatic heterocycles. The monoisotopic (exact) mass is 430 g/mol. The summed E-state index contributed by atoms with van der Waals surface area (Å²) in [6.07, 6.45) is 1.44. The van der Waals surface area contributed by atoms with E-state index in [1.54, 1.807) is 18.2 Å². The Bertz CT molecular complexity index is 1180. The average Bonchev–Trinajstić information content (AvgIpc) is 3.28. The van der Waals surface area contributed by atoms with Crippen molar-refractivity contribution in [1.82, 2.24) is 5.43 Å². The Morgan fingerprint density at radius 2 is 1.65 bits per heavy atom. The summed E-state index contributed by atoms with van der Waals surface area (Å²) in [5.74, 6) is 1.46. The van der Waals surface area contributed by atoms with Crippen LogP contribution in [-0.4, -0.2) is 18.7 Å². The van der Waals surface area contributed by atoms with Crippen LogP contribution in [0.3, 0.4) is 0 Å². The lowest BCUT2D eigenvalue weighted by Crippen LogP contribution is -2.24. The van der Waals surface area contributed by atoms with Crippen LogP contribution in [0.1, 0.15) is 5.76 Å². The largest absolute Gasteiger partial charge is 0.483 e. The number of ether oxygens (including phenoxy) is 1. The molecule has 0 radical (unpaired) electrons. The van der Waals surface area contributed by atoms with Gasteiger partial charge in [-0.1, -0.05) is 60.1 Å². The van der Waals surface area contributed by atoms with Gasteiger partial charge < -0.3 is 9.15 Å². The van der Waals surface area contributed by atoms with E-state index in [4.69, 9.17) is 20.8 Å². The zero-order chi connectivity index (χ0) is 21.5. The van der Waals surface area contributed by atoms with E-state index in [2.05, 4.69) is 10.5 Å². The van der Waals surface area contributed by atoms with Gasteiger partial charge in [-0.25, -0.2) is 5.43 Å². The predicted molar refractivity (Wildman–Crippen MR) is 122 cm³/mol. The zero-order valence-corrected chi connectivity index (χ0v) is 17.3. The van der Waals surface area contributed by atoms with E-state index in [9.17, 15) is 4.79 Å². The molecule has 6 heteroatoms. The number of hydrogen-bond donors (Lipinski definition) is 1. The lowest BCUT2D eigenvalue weighted by molar-refractivity contribution is -0.123. The van der Waals surface area contributed by atoms with Crippen LogP contribution in [0.5, 0.6) is 5.75 Å². The molecule has 4 rings (SSSR count). The molecule has 31 heavy (non-hydrogen) atoms. The molecule has 0 saturated heterocycles. The van der Waals surface area contributed by atoms with Gasteiger partial charge in [-0.3, -0.25) is 4.79 Å². The van der Waals surface area contributed by atoms with Crippen molar-refractivity contribution < 1.29 is 13.9 Å². The first kappa shape index (κ1) is 20.4. The van der Waals surface area contributed by atoms with E-state index in [-0.39, 0.29) is 12.5 Å². The summed E-state index contributed by atoms with van der Waals surface area (Å²) in [6, 6.07) is 28.4. The van der Waals surface area contributed by atoms with Crippen molar-refractivity contribution in [3.63, 3.8) is 0 Å². The highest BCUT2D eigenvalue weighted by atomic mass is 35.5. The number of amides is 1. The molecule has 0 spiro atoms. The molecule has 5 nitrogen and oxygen atoms in total. The maximum Gasteiger partial charge on any atom is 0.277 e. The fraction of sp³-hybridized carbons (Fsp3) is 0.0400. The van der Waals surface area contributed by atoms with Gasteiger partial charge in [0.1, 0.15) is 17.3 Å². The summed E-state index contributed by atoms with van der Waals surface area (Å²) >= 11 is 5.90. The van der Waals surface area contributed by atoms with Gasteiger partial charge in [0.15, 0.2) is 6.61 Å². The molecule has 1 aromatic heterocycles. The summed E-state index contributed by atoms with van der Waals surface area (Å²) in [5, 5.41) is 4.60. The van der Waals surface area contributed by atoms with Gasteiger partial charge in [-0.05, 0) is 48.0 Å². The Hall–Kier alpha value is -3.83. The molecule has 0 aliphatic carbocycles. The van der Waals surface area contributed by atoms with E-state index in [1.807, 2.05) is 72.8 Å². The number of carbonyl (C=O) groups is 1. The number of nitrogens with zero attached hydrogens (tertiary/aromatic N) is 1. The molecule has 1 N–H and O–H groups in total. The minimum absolute atomic E-state index is 0.157. The summed E-state index contributed by atoms with van der Waals surface area (Å²) in [6.45, 7) is -0.157. The van der Waals surface area contributed by atoms with Gasteiger partial charge in [0.25, 0.3) is 5.91 Å². The summed E-state index contributed by atoms with van der Waals surface area (Å²) in [5.41, 5.74) is 5.29. The lowest BCUT2D eigenvalue weighted by Gasteiger charge is -2.10. The van der Waals surface area contributed by atoms with Crippen molar-refractivity contribution in [2.24, 2.45) is 5.10 Å². The number of rotatable bonds is 7. The standard InChI is InChI=1S/C25H19ClN2O3/c26-20-12-10-19(11-13-20)23-15-14-21(31-23)16-27-28-25(29)17-30-24-9-5-4-8-22(24)18-6-2-1-3-7-18/h1-16H,17H2,(H,28,29)/b27-16+. The number of furan rings is 1. The van der Waals surface area contributed by atoms with Gasteiger partial charge in [0.05, 0.1) is 6.21 Å². The molecule has 0 unspecified atom stereocenters. The van der Waals surface area contributed by atoms with Crippen molar-refractivity contribution in [3.8, 4) is 28.2 Å². The van der Waals surface area contributed by atoms with Crippen molar-refractivity contribution in [3.05, 3.63) is 102 Å². The van der Waals surface area contributed by atoms with Crippen LogP contribution in [0.25, 0.3) is 22.5 Å². The third kappa shape index (κ3) is 5.41. The quantitative estimate of drug-likeness (QED) is 0.298. The van der Waals surface area contributed by atoms with Crippen molar-refractivity contribution in [1.29, 1.82) is 0 Å². The van der Waals surface area contributed by atoms with Crippen molar-refractivity contribution in [2.75, 3.05) is 6.61 Å². The van der Waals surface area contributed by atoms with Crippen LogP contribution in [-0.2, 0) is 4.79 Å². The number of halogens is 1. The molecule has 3 aromatic carbocycles. The molecular formula is C25H19ClN2O3. The lowest BCUT2D eigenvalue weighted by atomic mass is 10.1. The second kappa shape index (κ2) is 9.78. The molecule has 154 valence electrons. The molecule has 1 amide bonds. The number of para-hydroxylation sites is 1. The molecule has 4 aromatic rings. The maximum absolute atomic E-state index is 12.1. The Kier molecular flexibility index (Phi) is 6.45. The highest BCUT2D eigenvalue weighted by molar-refractivity contribution is 6.30. The van der Waals surface area contributed by atoms with Gasteiger partial charge in [-0.15, -0.1) is 0 Å². The van der Waals surface area contributed by atoms with E-state index in [0.717, 1.165) is 16.7 Å². The Labute approximate surface area is 184 Å². The van der Waals surface area contributed by atoms with Crippen LogP contribution in [0, 0.1) is 0 Å². The summed E-state index contributed by atoms with van der Waals surface area (Å²) < 4.78 is 11.4. The molecular weight excluding hydrogens is 412 g/mol. The van der Waals surface area contributed by atoms with Crippen LogP contribution >= 0.6 is 11.6 Å². The molecule has 0 saturated carbocycles. The second-order valence-electron chi connectivity index (χ2n) is 6.65. The highest BCUT2D eigenvalue weighted by Crippen LogP contribution is 2.29. The summed E-state index contributed by atoms with van der Waals surface area (Å²) in [7, 11) is 0. The Balaban J connectivity index is 1.32. The fourth-order valence-electron chi connectivity index (χ4n) is 2.98. The first-order valence-corrected chi connectivity index (χ1v) is 10.0. The van der Waals surface area contributed by atoms with Gasteiger partial charge in [-0.2, -0.15) is 5.10 Å². The second-order valence-corrected chi connectivity index (χ2v) is 7.09. The minimum Gasteiger partial charge on any atom is -0.483 e. The molecule has 0 aliphatic rings. The van der Waals surface area contributed by atoms with E-state index < -0.39 is 0 Å². The van der Waals surface area contributed by atoms with Gasteiger partial charge in [0.2, 0.25) is 0 Å². The fourth-order valence-corrected chi connectivity index (χ4v) is 3.11. The SMILES string of the molecule is O=C(COc1ccccc1-c1ccccc1)N/N=C/c1ccc(-c2ccc(Cl)cc2)o1. The third-order valence-corrected chi connectivity index (χ3v) is 4.72. The third-order valence-electron chi connectivity index (χ3n) is 4.47. The van der Waals surface area contributed by atoms with Crippen LogP contribution in [0.2, 0.25) is 5.02 Å². The minimum atomic E-state index is -0.372. The molecule has 0 bridgehead atoms. The first-order valence-electron chi connectivity index (χ1n) is 9.64. The van der Waals surface area contributed by atoms with E-state index in [1.165, 1.54) is 6.21 Å². The predicted octanol–water partition coefficient (Wildman–Crippen LogP) is 5.80. The Morgan fingerprint density at radius 3 is 2.45 bits per heavy atom. The van der Waals surface area contributed by atoms with Crippen LogP contribution < -0.4 is 10.2 Å². The topological polar surface area (TPSA) is 63.8 Å². The number of hydrazone groups is 1. The van der Waals surface area contributed by atoms with Gasteiger partial charge >= 0.3 is 0 Å². The van der Waals surface area contributed by atoms with E-state index >= 15 is 0 Å². The molecule has 0 fully saturated rings. The normalized spacial score (nSPS) is 10.9. The number of benzene rings is 3. The highest BCUT2D eigenvalue weighted by Gasteiger charge is 2.08. The number of nitrogens with one attached hydrogen (secondary N) is 1. The number of carbonyl (C=O) groups excluding carboxylic acids is 1. The van der Waals surface area contributed by atoms with Gasteiger partial charge in [0, 0.05) is 16.1 Å². The molecule has 1 heterocycles. The van der Waals surface area contributed by atoms with Crippen molar-refractivity contribution in [2.45, 2.75) is 0 Å². The smallest absolute Gasteiger partial charge is 0.277 e. The summed E-state index contributed by atoms with van der Waals surface area (Å²) in [4.78, 5) is 12.1. The van der Waals surface area contributed by atoms with Crippen LogP contribution in [0.4, 0.5) is 0 Å². The first-order chi connectivity index (χ1) is 15.2. The Morgan fingerprint density at radius 1 is 0.903 bits per heavy atom. The molecule has 0 atom stereocenters. The van der Waals surface area contributed by atoms with Crippen molar-refractivity contribution >= 4 is 23.7 Å². The number of hydrogen-bond acceptors (Lipinski definition) is 4.